The van der Waals surface area contributed by atoms with Crippen LogP contribution in [0.3, 0.4) is 0 Å². The lowest BCUT2D eigenvalue weighted by molar-refractivity contribution is 0.301. The van der Waals surface area contributed by atoms with Gasteiger partial charge in [0.2, 0.25) is 0 Å². The van der Waals surface area contributed by atoms with E-state index in [0.717, 1.165) is 22.4 Å². The summed E-state index contributed by atoms with van der Waals surface area (Å²) in [7, 11) is 0. The van der Waals surface area contributed by atoms with Crippen molar-refractivity contribution >= 4 is 0 Å². The molecule has 0 amide bonds. The van der Waals surface area contributed by atoms with Crippen molar-refractivity contribution in [3.63, 3.8) is 0 Å². The average molecular weight is 267 g/mol. The summed E-state index contributed by atoms with van der Waals surface area (Å²) < 4.78 is 5.85. The van der Waals surface area contributed by atoms with Crippen LogP contribution >= 0.6 is 0 Å². The van der Waals surface area contributed by atoms with Crippen LogP contribution < -0.4 is 10.5 Å². The first kappa shape index (κ1) is 14.0. The molecule has 20 heavy (non-hydrogen) atoms. The van der Waals surface area contributed by atoms with Gasteiger partial charge in [0.05, 0.1) is 0 Å². The largest absolute Gasteiger partial charge is 0.489 e. The van der Waals surface area contributed by atoms with Gasteiger partial charge in [0.15, 0.2) is 0 Å². The Morgan fingerprint density at radius 1 is 1.35 bits per heavy atom. The van der Waals surface area contributed by atoms with Gasteiger partial charge in [0.1, 0.15) is 24.1 Å². The van der Waals surface area contributed by atoms with Crippen LogP contribution in [-0.2, 0) is 6.61 Å². The second-order valence-corrected chi connectivity index (χ2v) is 4.78. The summed E-state index contributed by atoms with van der Waals surface area (Å²) in [6, 6.07) is 11.5. The predicted octanol–water partition coefficient (Wildman–Crippen LogP) is 2.86. The minimum Gasteiger partial charge on any atom is -0.489 e. The second kappa shape index (κ2) is 6.18. The van der Waals surface area contributed by atoms with E-state index in [1.807, 2.05) is 44.2 Å². The molecule has 0 aliphatic heterocycles. The number of benzene rings is 1. The number of aromatic nitrogens is 1. The number of ether oxygens (including phenoxy) is 1. The summed E-state index contributed by atoms with van der Waals surface area (Å²) in [5.74, 6) is 0.787. The number of nitriles is 1. The molecule has 0 aliphatic rings. The molecule has 2 aromatic rings. The van der Waals surface area contributed by atoms with Crippen molar-refractivity contribution in [2.24, 2.45) is 5.73 Å². The zero-order valence-corrected chi connectivity index (χ0v) is 11.6. The fraction of sp³-hybridized carbons (Fsp3) is 0.250. The summed E-state index contributed by atoms with van der Waals surface area (Å²) in [4.78, 5) is 3.94. The first-order valence-electron chi connectivity index (χ1n) is 6.44. The molecule has 1 unspecified atom stereocenters. The molecule has 1 atom stereocenters. The molecule has 0 saturated heterocycles. The fourth-order valence-corrected chi connectivity index (χ4v) is 1.93. The molecule has 1 heterocycles. The molecule has 1 aromatic carbocycles. The average Bonchev–Trinajstić information content (AvgIpc) is 2.45. The second-order valence-electron chi connectivity index (χ2n) is 4.78. The zero-order valence-electron chi connectivity index (χ0n) is 11.6. The first-order valence-corrected chi connectivity index (χ1v) is 6.44. The maximum Gasteiger partial charge on any atom is 0.140 e. The van der Waals surface area contributed by atoms with Crippen molar-refractivity contribution < 1.29 is 4.74 Å². The van der Waals surface area contributed by atoms with Gasteiger partial charge in [-0.05, 0) is 43.2 Å². The smallest absolute Gasteiger partial charge is 0.140 e. The van der Waals surface area contributed by atoms with Gasteiger partial charge in [-0.25, -0.2) is 4.98 Å². The summed E-state index contributed by atoms with van der Waals surface area (Å²) >= 11 is 0. The third-order valence-electron chi connectivity index (χ3n) is 2.99. The molecule has 0 spiro atoms. The highest BCUT2D eigenvalue weighted by Crippen LogP contribution is 2.26. The lowest BCUT2D eigenvalue weighted by Crippen LogP contribution is -2.08. The van der Waals surface area contributed by atoms with Gasteiger partial charge in [-0.15, -0.1) is 0 Å². The highest BCUT2D eigenvalue weighted by atomic mass is 16.5. The van der Waals surface area contributed by atoms with E-state index in [0.29, 0.717) is 12.3 Å². The van der Waals surface area contributed by atoms with E-state index in [4.69, 9.17) is 15.7 Å². The Balaban J connectivity index is 2.18. The van der Waals surface area contributed by atoms with Crippen LogP contribution in [0.15, 0.2) is 36.5 Å². The molecule has 4 heteroatoms. The summed E-state index contributed by atoms with van der Waals surface area (Å²) in [6.07, 6.45) is 1.61. The van der Waals surface area contributed by atoms with Crippen LogP contribution in [-0.4, -0.2) is 4.98 Å². The number of pyridine rings is 1. The molecule has 2 rings (SSSR count). The molecule has 2 N–H and O–H groups in total. The van der Waals surface area contributed by atoms with Crippen molar-refractivity contribution in [1.82, 2.24) is 4.98 Å². The predicted molar refractivity (Wildman–Crippen MR) is 77.1 cm³/mol. The van der Waals surface area contributed by atoms with E-state index in [9.17, 15) is 0 Å². The van der Waals surface area contributed by atoms with Gasteiger partial charge >= 0.3 is 0 Å². The van der Waals surface area contributed by atoms with E-state index in [1.54, 1.807) is 12.3 Å². The number of hydrogen-bond donors (Lipinski definition) is 1. The molecule has 0 fully saturated rings. The standard InChI is InChI=1S/C16H17N3O/c1-11-3-4-15(12(2)18)16(7-11)20-10-13-5-6-19-14(8-13)9-17/h3-8,12H,10,18H2,1-2H3. The van der Waals surface area contributed by atoms with Gasteiger partial charge in [0, 0.05) is 17.8 Å². The Morgan fingerprint density at radius 3 is 2.85 bits per heavy atom. The van der Waals surface area contributed by atoms with E-state index < -0.39 is 0 Å². The van der Waals surface area contributed by atoms with Gasteiger partial charge in [-0.1, -0.05) is 12.1 Å². The van der Waals surface area contributed by atoms with E-state index in [-0.39, 0.29) is 6.04 Å². The topological polar surface area (TPSA) is 71.9 Å². The van der Waals surface area contributed by atoms with Gasteiger partial charge in [-0.2, -0.15) is 5.26 Å². The molecule has 4 nitrogen and oxygen atoms in total. The highest BCUT2D eigenvalue weighted by Gasteiger charge is 2.08. The SMILES string of the molecule is Cc1ccc(C(C)N)c(OCc2ccnc(C#N)c2)c1. The van der Waals surface area contributed by atoms with Gasteiger partial charge < -0.3 is 10.5 Å². The normalized spacial score (nSPS) is 11.7. The lowest BCUT2D eigenvalue weighted by Gasteiger charge is -2.15. The highest BCUT2D eigenvalue weighted by molar-refractivity contribution is 5.39. The number of nitrogens with zero attached hydrogens (tertiary/aromatic N) is 2. The van der Waals surface area contributed by atoms with Crippen molar-refractivity contribution in [2.45, 2.75) is 26.5 Å². The molecule has 0 saturated carbocycles. The van der Waals surface area contributed by atoms with E-state index >= 15 is 0 Å². The molecular weight excluding hydrogens is 250 g/mol. The maximum atomic E-state index is 8.83. The Hall–Kier alpha value is -2.38. The number of nitrogens with two attached hydrogens (primary N) is 1. The summed E-state index contributed by atoms with van der Waals surface area (Å²) in [6.45, 7) is 4.33. The quantitative estimate of drug-likeness (QED) is 0.924. The molecule has 0 bridgehead atoms. The van der Waals surface area contributed by atoms with Crippen molar-refractivity contribution in [2.75, 3.05) is 0 Å². The third kappa shape index (κ3) is 3.34. The minimum atomic E-state index is -0.0855. The Kier molecular flexibility index (Phi) is 4.34. The Bertz CT molecular complexity index is 644. The van der Waals surface area contributed by atoms with Crippen molar-refractivity contribution in [3.8, 4) is 11.8 Å². The van der Waals surface area contributed by atoms with E-state index in [1.165, 1.54) is 0 Å². The van der Waals surface area contributed by atoms with Crippen LogP contribution in [0.1, 0.15) is 35.3 Å². The summed E-state index contributed by atoms with van der Waals surface area (Å²) in [5.41, 5.74) is 9.35. The molecule has 102 valence electrons. The van der Waals surface area contributed by atoms with Crippen LogP contribution in [0.5, 0.6) is 5.75 Å². The zero-order chi connectivity index (χ0) is 14.5. The van der Waals surface area contributed by atoms with Crippen molar-refractivity contribution in [1.29, 1.82) is 5.26 Å². The third-order valence-corrected chi connectivity index (χ3v) is 2.99. The fourth-order valence-electron chi connectivity index (χ4n) is 1.93. The Labute approximate surface area is 118 Å². The molecule has 1 aromatic heterocycles. The maximum absolute atomic E-state index is 8.83. The molecule has 0 aliphatic carbocycles. The van der Waals surface area contributed by atoms with Crippen LogP contribution in [0.4, 0.5) is 0 Å². The molecular formula is C16H17N3O. The number of hydrogen-bond acceptors (Lipinski definition) is 4. The first-order chi connectivity index (χ1) is 9.60. The van der Waals surface area contributed by atoms with Crippen molar-refractivity contribution in [3.05, 3.63) is 58.9 Å². The minimum absolute atomic E-state index is 0.0855. The number of rotatable bonds is 4. The van der Waals surface area contributed by atoms with Gasteiger partial charge in [-0.3, -0.25) is 0 Å². The Morgan fingerprint density at radius 2 is 2.15 bits per heavy atom. The summed E-state index contributed by atoms with van der Waals surface area (Å²) in [5, 5.41) is 8.83. The van der Waals surface area contributed by atoms with E-state index in [2.05, 4.69) is 4.98 Å². The van der Waals surface area contributed by atoms with Crippen LogP contribution in [0.25, 0.3) is 0 Å². The van der Waals surface area contributed by atoms with Gasteiger partial charge in [0.25, 0.3) is 0 Å². The molecule has 0 radical (unpaired) electrons. The van der Waals surface area contributed by atoms with Crippen LogP contribution in [0.2, 0.25) is 0 Å². The lowest BCUT2D eigenvalue weighted by atomic mass is 10.1. The number of aryl methyl sites for hydroxylation is 1. The monoisotopic (exact) mass is 267 g/mol. The van der Waals surface area contributed by atoms with Crippen LogP contribution in [0, 0.1) is 18.3 Å².